The van der Waals surface area contributed by atoms with Crippen LogP contribution in [-0.4, -0.2) is 74.7 Å². The van der Waals surface area contributed by atoms with Gasteiger partial charge in [-0.3, -0.25) is 14.6 Å². The van der Waals surface area contributed by atoms with Gasteiger partial charge in [0.2, 0.25) is 5.91 Å². The molecule has 2 aliphatic heterocycles. The molecule has 2 N–H and O–H groups in total. The van der Waals surface area contributed by atoms with Gasteiger partial charge in [0.15, 0.2) is 5.82 Å². The molecular weight excluding hydrogens is 534 g/mol. The average Bonchev–Trinajstić information content (AvgIpc) is 3.34. The van der Waals surface area contributed by atoms with Gasteiger partial charge in [0.1, 0.15) is 17.7 Å². The third-order valence-electron chi connectivity index (χ3n) is 8.02. The maximum atomic E-state index is 12.2. The monoisotopic (exact) mass is 569 g/mol. The number of anilines is 2. The molecule has 0 aromatic carbocycles. The minimum absolute atomic E-state index is 0.0259. The quantitative estimate of drug-likeness (QED) is 0.358. The van der Waals surface area contributed by atoms with Crippen LogP contribution in [-0.2, 0) is 9.53 Å². The molecule has 3 atom stereocenters. The van der Waals surface area contributed by atoms with Gasteiger partial charge in [-0.05, 0) is 56.2 Å². The van der Waals surface area contributed by atoms with Gasteiger partial charge < -0.3 is 25.0 Å². The molecule has 218 valence electrons. The molecule has 11 nitrogen and oxygen atoms in total. The third-order valence-corrected chi connectivity index (χ3v) is 8.02. The van der Waals surface area contributed by atoms with Crippen molar-refractivity contribution >= 4 is 29.0 Å². The Kier molecular flexibility index (Phi) is 7.28. The van der Waals surface area contributed by atoms with Crippen LogP contribution in [0.15, 0.2) is 42.7 Å². The van der Waals surface area contributed by atoms with Crippen molar-refractivity contribution in [3.8, 4) is 16.9 Å². The van der Waals surface area contributed by atoms with Crippen LogP contribution in [0.1, 0.15) is 47.1 Å². The van der Waals surface area contributed by atoms with E-state index in [-0.39, 0.29) is 30.0 Å². The van der Waals surface area contributed by atoms with Crippen LogP contribution in [0.5, 0.6) is 5.75 Å². The molecule has 2 amide bonds. The minimum Gasteiger partial charge on any atom is -0.488 e. The van der Waals surface area contributed by atoms with E-state index < -0.39 is 0 Å². The Morgan fingerprint density at radius 1 is 1.05 bits per heavy atom. The SMILES string of the molecule is CNC(=O)c1c(C)cc(Nc2cc3cc(-c4cc(C)ncc4O[C@H]4C[C@H]5COC[C@@H](C4)N5C(C)=O)ccn3n2)nc1C. The van der Waals surface area contributed by atoms with E-state index in [1.165, 1.54) is 0 Å². The van der Waals surface area contributed by atoms with E-state index in [1.54, 1.807) is 24.7 Å². The predicted molar refractivity (Wildman–Crippen MR) is 158 cm³/mol. The van der Waals surface area contributed by atoms with Gasteiger partial charge >= 0.3 is 0 Å². The summed E-state index contributed by atoms with van der Waals surface area (Å²) in [5.74, 6) is 1.91. The van der Waals surface area contributed by atoms with Crippen molar-refractivity contribution in [3.05, 3.63) is 65.2 Å². The van der Waals surface area contributed by atoms with Crippen molar-refractivity contribution in [2.45, 2.75) is 58.7 Å². The zero-order valence-electron chi connectivity index (χ0n) is 24.5. The Morgan fingerprint density at radius 3 is 2.50 bits per heavy atom. The maximum absolute atomic E-state index is 12.2. The Balaban J connectivity index is 1.25. The summed E-state index contributed by atoms with van der Waals surface area (Å²) < 4.78 is 14.1. The number of amides is 2. The number of carbonyl (C=O) groups excluding carboxylic acids is 2. The maximum Gasteiger partial charge on any atom is 0.253 e. The lowest BCUT2D eigenvalue weighted by atomic mass is 9.91. The summed E-state index contributed by atoms with van der Waals surface area (Å²) in [6, 6.07) is 9.97. The van der Waals surface area contributed by atoms with Crippen LogP contribution in [0.3, 0.4) is 0 Å². The molecule has 6 rings (SSSR count). The number of nitrogens with one attached hydrogen (secondary N) is 2. The highest BCUT2D eigenvalue weighted by Crippen LogP contribution is 2.36. The molecule has 0 radical (unpaired) electrons. The van der Waals surface area contributed by atoms with Crippen molar-refractivity contribution in [2.24, 2.45) is 0 Å². The Bertz CT molecular complexity index is 1650. The number of rotatable bonds is 6. The van der Waals surface area contributed by atoms with Crippen LogP contribution in [0.25, 0.3) is 16.6 Å². The summed E-state index contributed by atoms with van der Waals surface area (Å²) in [6.45, 7) is 8.38. The van der Waals surface area contributed by atoms with E-state index in [2.05, 4.69) is 31.8 Å². The summed E-state index contributed by atoms with van der Waals surface area (Å²) in [6.07, 6.45) is 5.11. The first-order chi connectivity index (χ1) is 20.2. The first kappa shape index (κ1) is 27.6. The van der Waals surface area contributed by atoms with Gasteiger partial charge in [-0.15, -0.1) is 0 Å². The second-order valence-electron chi connectivity index (χ2n) is 11.1. The second kappa shape index (κ2) is 11.1. The van der Waals surface area contributed by atoms with Crippen molar-refractivity contribution < 1.29 is 19.1 Å². The number of hydrogen-bond acceptors (Lipinski definition) is 8. The number of pyridine rings is 3. The highest BCUT2D eigenvalue weighted by atomic mass is 16.5. The van der Waals surface area contributed by atoms with Crippen LogP contribution in [0, 0.1) is 20.8 Å². The van der Waals surface area contributed by atoms with Gasteiger partial charge in [0.05, 0.1) is 48.3 Å². The van der Waals surface area contributed by atoms with Gasteiger partial charge in [-0.2, -0.15) is 5.10 Å². The standard InChI is InChI=1S/C31H35N7O4/c1-17-8-28(34-19(3)30(17)31(40)32-5)35-29-13-22-10-21(6-7-37(22)36-29)26-9-18(2)33-14-27(26)42-25-11-23-15-41-16-24(12-25)38(23)20(4)39/h6-10,13-14,23-25H,11-12,15-16H2,1-5H3,(H,32,40)(H,34,35,36)/t23-,24+,25-. The summed E-state index contributed by atoms with van der Waals surface area (Å²) in [7, 11) is 1.61. The molecule has 0 unspecified atom stereocenters. The first-order valence-electron chi connectivity index (χ1n) is 14.2. The lowest BCUT2D eigenvalue weighted by Crippen LogP contribution is -2.60. The van der Waals surface area contributed by atoms with Crippen molar-refractivity contribution in [3.63, 3.8) is 0 Å². The number of hydrogen-bond donors (Lipinski definition) is 2. The van der Waals surface area contributed by atoms with Gasteiger partial charge in [-0.25, -0.2) is 9.50 Å². The highest BCUT2D eigenvalue weighted by molar-refractivity contribution is 5.96. The van der Waals surface area contributed by atoms with Gasteiger partial charge in [-0.1, -0.05) is 0 Å². The summed E-state index contributed by atoms with van der Waals surface area (Å²) in [5.41, 5.74) is 5.78. The molecule has 42 heavy (non-hydrogen) atoms. The van der Waals surface area contributed by atoms with Crippen molar-refractivity contribution in [2.75, 3.05) is 25.6 Å². The molecule has 0 saturated carbocycles. The lowest BCUT2D eigenvalue weighted by molar-refractivity contribution is -0.153. The molecule has 0 spiro atoms. The number of aromatic nitrogens is 4. The number of ether oxygens (including phenoxy) is 2. The number of piperidine rings is 1. The summed E-state index contributed by atoms with van der Waals surface area (Å²) >= 11 is 0. The zero-order chi connectivity index (χ0) is 29.5. The second-order valence-corrected chi connectivity index (χ2v) is 11.1. The van der Waals surface area contributed by atoms with E-state index in [0.717, 1.165) is 46.5 Å². The van der Waals surface area contributed by atoms with Gasteiger partial charge in [0.25, 0.3) is 5.91 Å². The molecule has 4 aromatic heterocycles. The average molecular weight is 570 g/mol. The topological polar surface area (TPSA) is 123 Å². The van der Waals surface area contributed by atoms with Crippen molar-refractivity contribution in [1.29, 1.82) is 0 Å². The van der Waals surface area contributed by atoms with E-state index in [0.29, 0.717) is 36.1 Å². The summed E-state index contributed by atoms with van der Waals surface area (Å²) in [4.78, 5) is 35.5. The predicted octanol–water partition coefficient (Wildman–Crippen LogP) is 3.98. The number of nitrogens with zero attached hydrogens (tertiary/aromatic N) is 5. The molecule has 2 fully saturated rings. The number of carbonyl (C=O) groups is 2. The van der Waals surface area contributed by atoms with E-state index in [4.69, 9.17) is 9.47 Å². The fraction of sp³-hybridized carbons (Fsp3) is 0.387. The third kappa shape index (κ3) is 5.27. The fourth-order valence-corrected chi connectivity index (χ4v) is 6.24. The lowest BCUT2D eigenvalue weighted by Gasteiger charge is -2.47. The van der Waals surface area contributed by atoms with Crippen molar-refractivity contribution in [1.82, 2.24) is 29.8 Å². The normalized spacial score (nSPS) is 19.9. The van der Waals surface area contributed by atoms with E-state index in [1.807, 2.05) is 56.1 Å². The van der Waals surface area contributed by atoms with Crippen LogP contribution in [0.4, 0.5) is 11.6 Å². The van der Waals surface area contributed by atoms with Crippen LogP contribution >= 0.6 is 0 Å². The smallest absolute Gasteiger partial charge is 0.253 e. The van der Waals surface area contributed by atoms with E-state index in [9.17, 15) is 9.59 Å². The number of morpholine rings is 1. The molecular formula is C31H35N7O4. The molecule has 2 bridgehead atoms. The Hall–Kier alpha value is -4.51. The summed E-state index contributed by atoms with van der Waals surface area (Å²) in [5, 5.41) is 10.6. The fourth-order valence-electron chi connectivity index (χ4n) is 6.24. The molecule has 6 heterocycles. The van der Waals surface area contributed by atoms with Gasteiger partial charge in [0, 0.05) is 50.3 Å². The zero-order valence-corrected chi connectivity index (χ0v) is 24.5. The Morgan fingerprint density at radius 2 is 1.81 bits per heavy atom. The highest BCUT2D eigenvalue weighted by Gasteiger charge is 2.41. The first-order valence-corrected chi connectivity index (χ1v) is 14.2. The van der Waals surface area contributed by atoms with Crippen LogP contribution in [0.2, 0.25) is 0 Å². The molecule has 0 aliphatic carbocycles. The Labute approximate surface area is 244 Å². The number of aryl methyl sites for hydroxylation is 3. The molecule has 4 aromatic rings. The molecule has 2 saturated heterocycles. The minimum atomic E-state index is -0.155. The molecule has 2 aliphatic rings. The largest absolute Gasteiger partial charge is 0.488 e. The molecule has 11 heteroatoms. The van der Waals surface area contributed by atoms with Crippen LogP contribution < -0.4 is 15.4 Å². The van der Waals surface area contributed by atoms with E-state index >= 15 is 0 Å². The number of fused-ring (bicyclic) bond motifs is 3.